The maximum absolute atomic E-state index is 12.9. The molecule has 0 aromatic heterocycles. The molecule has 0 spiro atoms. The van der Waals surface area contributed by atoms with Crippen LogP contribution in [0.15, 0.2) is 36.4 Å². The van der Waals surface area contributed by atoms with Crippen LogP contribution < -0.4 is 20.4 Å². The largest absolute Gasteiger partial charge is 0.378 e. The molecule has 2 N–H and O–H groups in total. The van der Waals surface area contributed by atoms with Gasteiger partial charge in [-0.15, -0.1) is 0 Å². The fraction of sp³-hybridized carbons (Fsp3) is 0.400. The molecule has 0 aliphatic carbocycles. The van der Waals surface area contributed by atoms with Crippen molar-refractivity contribution in [1.29, 1.82) is 0 Å². The number of rotatable bonds is 6. The van der Waals surface area contributed by atoms with Crippen molar-refractivity contribution in [3.63, 3.8) is 0 Å². The summed E-state index contributed by atoms with van der Waals surface area (Å²) < 4.78 is 5.33. The molecule has 11 nitrogen and oxygen atoms in total. The Morgan fingerprint density at radius 1 is 1.03 bits per heavy atom. The molecule has 0 unspecified atom stereocenters. The van der Waals surface area contributed by atoms with E-state index < -0.39 is 10.8 Å². The molecule has 202 valence electrons. The minimum absolute atomic E-state index is 0.0261. The Balaban J connectivity index is 1.45. The number of nitrogens with one attached hydrogen (secondary N) is 2. The van der Waals surface area contributed by atoms with E-state index in [4.69, 9.17) is 28.6 Å². The molecule has 2 aliphatic heterocycles. The number of piperazine rings is 1. The highest BCUT2D eigenvalue weighted by molar-refractivity contribution is 7.80. The smallest absolute Gasteiger partial charge is 0.293 e. The quantitative estimate of drug-likeness (QED) is 0.311. The molecule has 4 rings (SSSR count). The third-order valence-electron chi connectivity index (χ3n) is 6.50. The zero-order valence-corrected chi connectivity index (χ0v) is 22.5. The molecule has 0 bridgehead atoms. The molecule has 2 aromatic rings. The molecule has 2 heterocycles. The molecule has 2 saturated heterocycles. The number of amides is 2. The van der Waals surface area contributed by atoms with Crippen molar-refractivity contribution in [2.45, 2.75) is 13.3 Å². The first-order valence-electron chi connectivity index (χ1n) is 12.3. The SMILES string of the molecule is CCC(=O)N1CCN(c2ccc(Cl)cc2NC(=S)NC(=O)c2ccc(N3CCOCC3)c([N+](=O)[O-])c2)CC1. The summed E-state index contributed by atoms with van der Waals surface area (Å²) in [6.07, 6.45) is 0.473. The fourth-order valence-corrected chi connectivity index (χ4v) is 4.89. The maximum atomic E-state index is 12.9. The zero-order chi connectivity index (χ0) is 27.2. The third-order valence-corrected chi connectivity index (χ3v) is 6.93. The van der Waals surface area contributed by atoms with Crippen molar-refractivity contribution in [2.24, 2.45) is 0 Å². The van der Waals surface area contributed by atoms with E-state index in [2.05, 4.69) is 15.5 Å². The van der Waals surface area contributed by atoms with E-state index in [1.807, 2.05) is 22.8 Å². The lowest BCUT2D eigenvalue weighted by atomic mass is 10.1. The molecule has 2 aliphatic rings. The Morgan fingerprint density at radius 3 is 2.34 bits per heavy atom. The predicted octanol–water partition coefficient (Wildman–Crippen LogP) is 3.27. The lowest BCUT2D eigenvalue weighted by Gasteiger charge is -2.37. The number of hydrogen-bond acceptors (Lipinski definition) is 8. The van der Waals surface area contributed by atoms with Crippen LogP contribution in [0.2, 0.25) is 5.02 Å². The first kappa shape index (κ1) is 27.6. The Bertz CT molecular complexity index is 1230. The second-order valence-electron chi connectivity index (χ2n) is 8.85. The minimum Gasteiger partial charge on any atom is -0.378 e. The van der Waals surface area contributed by atoms with Gasteiger partial charge in [-0.2, -0.15) is 0 Å². The second-order valence-corrected chi connectivity index (χ2v) is 9.70. The number of anilines is 3. The number of nitro benzene ring substituents is 1. The second kappa shape index (κ2) is 12.4. The van der Waals surface area contributed by atoms with Gasteiger partial charge in [0.2, 0.25) is 5.91 Å². The van der Waals surface area contributed by atoms with Crippen LogP contribution in [0, 0.1) is 10.1 Å². The molecular formula is C25H29ClN6O5S. The Labute approximate surface area is 230 Å². The molecule has 13 heteroatoms. The number of nitrogens with zero attached hydrogens (tertiary/aromatic N) is 4. The minimum atomic E-state index is -0.575. The average molecular weight is 561 g/mol. The van der Waals surface area contributed by atoms with Crippen molar-refractivity contribution in [1.82, 2.24) is 10.2 Å². The van der Waals surface area contributed by atoms with E-state index in [9.17, 15) is 19.7 Å². The van der Waals surface area contributed by atoms with Gasteiger partial charge >= 0.3 is 0 Å². The van der Waals surface area contributed by atoms with Gasteiger partial charge < -0.3 is 24.8 Å². The van der Waals surface area contributed by atoms with Crippen LogP contribution >= 0.6 is 23.8 Å². The van der Waals surface area contributed by atoms with Crippen LogP contribution in [-0.2, 0) is 9.53 Å². The summed E-state index contributed by atoms with van der Waals surface area (Å²) in [7, 11) is 0. The van der Waals surface area contributed by atoms with E-state index in [1.165, 1.54) is 12.1 Å². The van der Waals surface area contributed by atoms with Crippen LogP contribution in [0.4, 0.5) is 22.7 Å². The lowest BCUT2D eigenvalue weighted by molar-refractivity contribution is -0.384. The van der Waals surface area contributed by atoms with Gasteiger partial charge in [0.05, 0.1) is 29.5 Å². The number of nitro groups is 1. The van der Waals surface area contributed by atoms with Crippen LogP contribution in [-0.4, -0.2) is 79.2 Å². The van der Waals surface area contributed by atoms with Crippen molar-refractivity contribution >= 4 is 63.5 Å². The normalized spacial score (nSPS) is 15.7. The number of thiocarbonyl (C=S) groups is 1. The molecule has 0 saturated carbocycles. The Kier molecular flexibility index (Phi) is 8.97. The molecule has 0 atom stereocenters. The van der Waals surface area contributed by atoms with E-state index in [0.717, 1.165) is 5.69 Å². The van der Waals surface area contributed by atoms with Crippen molar-refractivity contribution < 1.29 is 19.2 Å². The van der Waals surface area contributed by atoms with Gasteiger partial charge in [-0.3, -0.25) is 25.0 Å². The van der Waals surface area contributed by atoms with E-state index in [1.54, 1.807) is 18.2 Å². The first-order chi connectivity index (χ1) is 18.3. The Hall–Kier alpha value is -3.48. The molecule has 38 heavy (non-hydrogen) atoms. The van der Waals surface area contributed by atoms with Crippen LogP contribution in [0.5, 0.6) is 0 Å². The third kappa shape index (κ3) is 6.50. The summed E-state index contributed by atoms with van der Waals surface area (Å²) in [4.78, 5) is 42.0. The van der Waals surface area contributed by atoms with Gasteiger partial charge in [-0.25, -0.2) is 0 Å². The van der Waals surface area contributed by atoms with Crippen molar-refractivity contribution in [2.75, 3.05) is 67.6 Å². The van der Waals surface area contributed by atoms with Gasteiger partial charge in [-0.05, 0) is 42.5 Å². The fourth-order valence-electron chi connectivity index (χ4n) is 4.52. The summed E-state index contributed by atoms with van der Waals surface area (Å²) in [5.74, 6) is -0.449. The predicted molar refractivity (Wildman–Crippen MR) is 150 cm³/mol. The lowest BCUT2D eigenvalue weighted by Crippen LogP contribution is -2.48. The summed E-state index contributed by atoms with van der Waals surface area (Å²) in [5.41, 5.74) is 1.84. The number of morpholine rings is 1. The topological polar surface area (TPSA) is 120 Å². The summed E-state index contributed by atoms with van der Waals surface area (Å²) in [5, 5.41) is 17.9. The highest BCUT2D eigenvalue weighted by atomic mass is 35.5. The van der Waals surface area contributed by atoms with E-state index in [-0.39, 0.29) is 22.3 Å². The molecule has 2 fully saturated rings. The molecule has 2 amide bonds. The highest BCUT2D eigenvalue weighted by Crippen LogP contribution is 2.31. The Morgan fingerprint density at radius 2 is 1.68 bits per heavy atom. The van der Waals surface area contributed by atoms with E-state index >= 15 is 0 Å². The number of carbonyl (C=O) groups is 2. The summed E-state index contributed by atoms with van der Waals surface area (Å²) in [6, 6.07) is 9.71. The van der Waals surface area contributed by atoms with Crippen LogP contribution in [0.1, 0.15) is 23.7 Å². The van der Waals surface area contributed by atoms with Gasteiger partial charge in [0, 0.05) is 62.3 Å². The number of ether oxygens (including phenoxy) is 1. The number of halogens is 1. The standard InChI is InChI=1S/C25H29ClN6O5S/c1-2-23(33)31-9-7-29(8-10-31)20-6-4-18(26)16-19(20)27-25(38)28-24(34)17-3-5-21(22(15-17)32(35)36)30-11-13-37-14-12-30/h3-6,15-16H,2,7-14H2,1H3,(H2,27,28,34,38). The van der Waals surface area contributed by atoms with Crippen LogP contribution in [0.25, 0.3) is 0 Å². The maximum Gasteiger partial charge on any atom is 0.293 e. The molecular weight excluding hydrogens is 532 g/mol. The number of benzene rings is 2. The number of hydrogen-bond donors (Lipinski definition) is 2. The van der Waals surface area contributed by atoms with Crippen molar-refractivity contribution in [3.8, 4) is 0 Å². The summed E-state index contributed by atoms with van der Waals surface area (Å²) >= 11 is 11.6. The van der Waals surface area contributed by atoms with Gasteiger partial charge in [-0.1, -0.05) is 18.5 Å². The molecule has 2 aromatic carbocycles. The zero-order valence-electron chi connectivity index (χ0n) is 20.9. The van der Waals surface area contributed by atoms with E-state index in [0.29, 0.717) is 75.3 Å². The monoisotopic (exact) mass is 560 g/mol. The highest BCUT2D eigenvalue weighted by Gasteiger charge is 2.25. The average Bonchev–Trinajstić information content (AvgIpc) is 2.93. The van der Waals surface area contributed by atoms with Gasteiger partial charge in [0.25, 0.3) is 11.6 Å². The van der Waals surface area contributed by atoms with Gasteiger partial charge in [0.15, 0.2) is 5.11 Å². The van der Waals surface area contributed by atoms with Crippen LogP contribution in [0.3, 0.4) is 0 Å². The van der Waals surface area contributed by atoms with Crippen molar-refractivity contribution in [3.05, 3.63) is 57.1 Å². The first-order valence-corrected chi connectivity index (χ1v) is 13.1. The summed E-state index contributed by atoms with van der Waals surface area (Å²) in [6.45, 7) is 6.38. The number of carbonyl (C=O) groups excluding carboxylic acids is 2. The molecule has 0 radical (unpaired) electrons. The van der Waals surface area contributed by atoms with Gasteiger partial charge in [0.1, 0.15) is 5.69 Å².